The molecule has 1 aliphatic heterocycles. The third kappa shape index (κ3) is 4.59. The second-order valence-electron chi connectivity index (χ2n) is 6.98. The largest absolute Gasteiger partial charge is 0.494 e. The Morgan fingerprint density at radius 1 is 1.21 bits per heavy atom. The summed E-state index contributed by atoms with van der Waals surface area (Å²) in [4.78, 5) is 12.5. The van der Waals surface area contributed by atoms with Crippen LogP contribution in [-0.2, 0) is 13.0 Å². The molecule has 0 bridgehead atoms. The molecule has 150 valence electrons. The fourth-order valence-electron chi connectivity index (χ4n) is 3.48. The third-order valence-electron chi connectivity index (χ3n) is 4.92. The second-order valence-corrected chi connectivity index (χ2v) is 6.98. The van der Waals surface area contributed by atoms with Crippen molar-refractivity contribution < 1.29 is 14.3 Å². The van der Waals surface area contributed by atoms with Crippen LogP contribution in [0.2, 0.25) is 0 Å². The number of nitrogens with zero attached hydrogens (tertiary/aromatic N) is 2. The number of hydrogen-bond acceptors (Lipinski definition) is 4. The monoisotopic (exact) mass is 391 g/mol. The molecule has 1 amide bonds. The van der Waals surface area contributed by atoms with Crippen LogP contribution < -0.4 is 14.8 Å². The minimum Gasteiger partial charge on any atom is -0.494 e. The third-order valence-corrected chi connectivity index (χ3v) is 4.92. The molecule has 1 N–H and O–H groups in total. The summed E-state index contributed by atoms with van der Waals surface area (Å²) in [6.07, 6.45) is 1.55. The molecule has 1 aromatic heterocycles. The minimum atomic E-state index is -0.187. The van der Waals surface area contributed by atoms with Crippen molar-refractivity contribution in [3.05, 3.63) is 77.5 Å². The lowest BCUT2D eigenvalue weighted by Gasteiger charge is -2.24. The van der Waals surface area contributed by atoms with Gasteiger partial charge in [0.1, 0.15) is 11.9 Å². The Bertz CT molecular complexity index is 969. The van der Waals surface area contributed by atoms with E-state index < -0.39 is 0 Å². The number of fused-ring (bicyclic) bond motifs is 1. The average molecular weight is 391 g/mol. The van der Waals surface area contributed by atoms with Gasteiger partial charge in [0.2, 0.25) is 5.88 Å². The van der Waals surface area contributed by atoms with Crippen molar-refractivity contribution in [3.8, 4) is 11.6 Å². The number of aromatic nitrogens is 2. The Morgan fingerprint density at radius 2 is 2.07 bits per heavy atom. The van der Waals surface area contributed by atoms with Gasteiger partial charge in [0.05, 0.1) is 6.61 Å². The molecule has 0 saturated carbocycles. The van der Waals surface area contributed by atoms with Crippen LogP contribution in [0.25, 0.3) is 0 Å². The standard InChI is InChI=1S/C23H25N3O3/c1-2-28-19-10-6-7-17(15-19)11-13-24-23(27)20-16-22-26(25-20)14-12-21(29-22)18-8-4-3-5-9-18/h3-10,15-16,21H,2,11-14H2,1H3,(H,24,27). The van der Waals surface area contributed by atoms with E-state index in [0.717, 1.165) is 36.3 Å². The first-order chi connectivity index (χ1) is 14.2. The van der Waals surface area contributed by atoms with Gasteiger partial charge >= 0.3 is 0 Å². The van der Waals surface area contributed by atoms with Gasteiger partial charge in [-0.2, -0.15) is 5.10 Å². The molecule has 0 spiro atoms. The summed E-state index contributed by atoms with van der Waals surface area (Å²) >= 11 is 0. The highest BCUT2D eigenvalue weighted by Crippen LogP contribution is 2.30. The Labute approximate surface area is 170 Å². The fourth-order valence-corrected chi connectivity index (χ4v) is 3.48. The van der Waals surface area contributed by atoms with Crippen molar-refractivity contribution in [2.24, 2.45) is 0 Å². The number of ether oxygens (including phenoxy) is 2. The molecule has 0 fully saturated rings. The molecule has 4 rings (SSSR count). The van der Waals surface area contributed by atoms with Gasteiger partial charge in [-0.15, -0.1) is 0 Å². The van der Waals surface area contributed by atoms with E-state index in [1.807, 2.05) is 49.4 Å². The molecule has 0 aliphatic carbocycles. The van der Waals surface area contributed by atoms with Crippen molar-refractivity contribution in [2.75, 3.05) is 13.2 Å². The number of aryl methyl sites for hydroxylation is 1. The number of benzene rings is 2. The molecular weight excluding hydrogens is 366 g/mol. The maximum Gasteiger partial charge on any atom is 0.271 e. The Kier molecular flexibility index (Phi) is 5.79. The van der Waals surface area contributed by atoms with E-state index in [9.17, 15) is 4.79 Å². The van der Waals surface area contributed by atoms with E-state index in [4.69, 9.17) is 9.47 Å². The zero-order valence-electron chi connectivity index (χ0n) is 16.5. The van der Waals surface area contributed by atoms with Crippen LogP contribution in [0.15, 0.2) is 60.7 Å². The normalized spacial score (nSPS) is 15.3. The first-order valence-electron chi connectivity index (χ1n) is 10.0. The van der Waals surface area contributed by atoms with Gasteiger partial charge in [0.15, 0.2) is 5.69 Å². The van der Waals surface area contributed by atoms with Crippen LogP contribution in [0, 0.1) is 0 Å². The molecule has 2 heterocycles. The molecular formula is C23H25N3O3. The molecule has 2 aromatic carbocycles. The highest BCUT2D eigenvalue weighted by atomic mass is 16.5. The van der Waals surface area contributed by atoms with Gasteiger partial charge in [-0.1, -0.05) is 42.5 Å². The topological polar surface area (TPSA) is 65.4 Å². The molecule has 3 aromatic rings. The summed E-state index contributed by atoms with van der Waals surface area (Å²) < 4.78 is 13.3. The average Bonchev–Trinajstić information content (AvgIpc) is 3.18. The number of hydrogen-bond donors (Lipinski definition) is 1. The summed E-state index contributed by atoms with van der Waals surface area (Å²) in [6, 6.07) is 19.8. The van der Waals surface area contributed by atoms with E-state index in [1.165, 1.54) is 0 Å². The van der Waals surface area contributed by atoms with E-state index >= 15 is 0 Å². The zero-order chi connectivity index (χ0) is 20.1. The van der Waals surface area contributed by atoms with Crippen LogP contribution in [-0.4, -0.2) is 28.8 Å². The van der Waals surface area contributed by atoms with E-state index in [-0.39, 0.29) is 12.0 Å². The molecule has 1 aliphatic rings. The van der Waals surface area contributed by atoms with E-state index in [1.54, 1.807) is 10.7 Å². The first-order valence-corrected chi connectivity index (χ1v) is 10.0. The summed E-state index contributed by atoms with van der Waals surface area (Å²) in [7, 11) is 0. The Morgan fingerprint density at radius 3 is 2.90 bits per heavy atom. The molecule has 29 heavy (non-hydrogen) atoms. The number of carbonyl (C=O) groups is 1. The smallest absolute Gasteiger partial charge is 0.271 e. The lowest BCUT2D eigenvalue weighted by molar-refractivity contribution is 0.0948. The van der Waals surface area contributed by atoms with Crippen molar-refractivity contribution in [2.45, 2.75) is 32.4 Å². The van der Waals surface area contributed by atoms with Crippen molar-refractivity contribution in [1.82, 2.24) is 15.1 Å². The maximum absolute atomic E-state index is 12.5. The highest BCUT2D eigenvalue weighted by Gasteiger charge is 2.24. The SMILES string of the molecule is CCOc1cccc(CCNC(=O)c2cc3n(n2)CCC(c2ccccc2)O3)c1. The number of carbonyl (C=O) groups excluding carboxylic acids is 1. The van der Waals surface area contributed by atoms with Gasteiger partial charge < -0.3 is 14.8 Å². The molecule has 0 radical (unpaired) electrons. The summed E-state index contributed by atoms with van der Waals surface area (Å²) in [6.45, 7) is 3.86. The van der Waals surface area contributed by atoms with Crippen molar-refractivity contribution in [1.29, 1.82) is 0 Å². The Hall–Kier alpha value is -3.28. The van der Waals surface area contributed by atoms with Gasteiger partial charge in [-0.25, -0.2) is 4.68 Å². The highest BCUT2D eigenvalue weighted by molar-refractivity contribution is 5.92. The molecule has 6 nitrogen and oxygen atoms in total. The van der Waals surface area contributed by atoms with Crippen LogP contribution in [0.3, 0.4) is 0 Å². The molecule has 1 atom stereocenters. The van der Waals surface area contributed by atoms with Gasteiger partial charge in [0.25, 0.3) is 5.91 Å². The van der Waals surface area contributed by atoms with Crippen LogP contribution in [0.4, 0.5) is 0 Å². The predicted molar refractivity (Wildman–Crippen MR) is 110 cm³/mol. The zero-order valence-corrected chi connectivity index (χ0v) is 16.5. The van der Waals surface area contributed by atoms with Gasteiger partial charge in [-0.3, -0.25) is 4.79 Å². The molecule has 0 saturated heterocycles. The molecule has 1 unspecified atom stereocenters. The van der Waals surface area contributed by atoms with Crippen molar-refractivity contribution >= 4 is 5.91 Å². The Balaban J connectivity index is 1.34. The molecule has 6 heteroatoms. The maximum atomic E-state index is 12.5. The second kappa shape index (κ2) is 8.82. The number of nitrogens with one attached hydrogen (secondary N) is 1. The van der Waals surface area contributed by atoms with E-state index in [2.05, 4.69) is 22.5 Å². The van der Waals surface area contributed by atoms with Crippen molar-refractivity contribution in [3.63, 3.8) is 0 Å². The number of rotatable bonds is 7. The summed E-state index contributed by atoms with van der Waals surface area (Å²) in [5.41, 5.74) is 2.64. The summed E-state index contributed by atoms with van der Waals surface area (Å²) in [5, 5.41) is 7.34. The van der Waals surface area contributed by atoms with Gasteiger partial charge in [0, 0.05) is 25.6 Å². The lowest BCUT2D eigenvalue weighted by Crippen LogP contribution is -2.26. The van der Waals surface area contributed by atoms with Gasteiger partial charge in [-0.05, 0) is 36.6 Å². The summed E-state index contributed by atoms with van der Waals surface area (Å²) in [5.74, 6) is 1.30. The van der Waals surface area contributed by atoms with Crippen LogP contribution in [0.5, 0.6) is 11.6 Å². The lowest BCUT2D eigenvalue weighted by atomic mass is 10.1. The minimum absolute atomic E-state index is 0.00562. The van der Waals surface area contributed by atoms with E-state index in [0.29, 0.717) is 24.7 Å². The number of amides is 1. The first kappa shape index (κ1) is 19.1. The van der Waals surface area contributed by atoms with Crippen LogP contribution in [0.1, 0.15) is 41.1 Å². The fraction of sp³-hybridized carbons (Fsp3) is 0.304. The predicted octanol–water partition coefficient (Wildman–Crippen LogP) is 3.78. The quantitative estimate of drug-likeness (QED) is 0.666. The van der Waals surface area contributed by atoms with Crippen LogP contribution >= 0.6 is 0 Å².